The largest absolute Gasteiger partial charge is 0.491 e. The van der Waals surface area contributed by atoms with E-state index in [-0.39, 0.29) is 5.91 Å². The quantitative estimate of drug-likeness (QED) is 0.288. The Labute approximate surface area is 219 Å². The van der Waals surface area contributed by atoms with Crippen molar-refractivity contribution < 1.29 is 14.3 Å². The predicted octanol–water partition coefficient (Wildman–Crippen LogP) is 4.20. The maximum Gasteiger partial charge on any atom is 0.256 e. The molecule has 0 fully saturated rings. The number of rotatable bonds is 10. The van der Waals surface area contributed by atoms with Crippen molar-refractivity contribution in [3.8, 4) is 22.9 Å². The Bertz CT molecular complexity index is 1550. The summed E-state index contributed by atoms with van der Waals surface area (Å²) >= 11 is 0. The fourth-order valence-corrected chi connectivity index (χ4v) is 3.93. The fourth-order valence-electron chi connectivity index (χ4n) is 3.93. The molecule has 0 radical (unpaired) electrons. The molecule has 0 unspecified atom stereocenters. The number of nitrogens with zero attached hydrogens (tertiary/aromatic N) is 5. The SMILES string of the molecule is COc1cc(-c2ccn3nc(Nc4cccc(CNC(=O)CCc5ccccc5)n4)cc3n2)cnc1OC. The third-order valence-corrected chi connectivity index (χ3v) is 5.87. The lowest BCUT2D eigenvalue weighted by Crippen LogP contribution is -2.23. The number of anilines is 2. The standard InChI is InChI=1S/C28H27N7O3/c1-37-23-15-20(17-30-28(23)38-2)22-13-14-35-26(32-22)16-25(34-35)33-24-10-6-9-21(31-24)18-29-27(36)12-11-19-7-4-3-5-8-19/h3-10,13-17H,11-12,18H2,1-2H3,(H,29,36)(H,31,33,34). The van der Waals surface area contributed by atoms with Crippen molar-refractivity contribution in [2.75, 3.05) is 19.5 Å². The minimum Gasteiger partial charge on any atom is -0.491 e. The number of fused-ring (bicyclic) bond motifs is 1. The van der Waals surface area contributed by atoms with E-state index in [9.17, 15) is 4.79 Å². The second kappa shape index (κ2) is 11.4. The summed E-state index contributed by atoms with van der Waals surface area (Å²) in [7, 11) is 3.11. The lowest BCUT2D eigenvalue weighted by molar-refractivity contribution is -0.121. The predicted molar refractivity (Wildman–Crippen MR) is 143 cm³/mol. The molecular weight excluding hydrogens is 482 g/mol. The van der Waals surface area contributed by atoms with Crippen LogP contribution in [-0.2, 0) is 17.8 Å². The normalized spacial score (nSPS) is 10.8. The van der Waals surface area contributed by atoms with Crippen molar-refractivity contribution in [2.45, 2.75) is 19.4 Å². The molecule has 10 heteroatoms. The highest BCUT2D eigenvalue weighted by atomic mass is 16.5. The monoisotopic (exact) mass is 509 g/mol. The first-order valence-electron chi connectivity index (χ1n) is 12.1. The van der Waals surface area contributed by atoms with Gasteiger partial charge in [-0.2, -0.15) is 0 Å². The van der Waals surface area contributed by atoms with Crippen LogP contribution in [0.4, 0.5) is 11.6 Å². The topological polar surface area (TPSA) is 116 Å². The van der Waals surface area contributed by atoms with Crippen LogP contribution in [0.5, 0.6) is 11.6 Å². The zero-order valence-electron chi connectivity index (χ0n) is 21.1. The van der Waals surface area contributed by atoms with E-state index in [4.69, 9.17) is 14.5 Å². The number of carbonyl (C=O) groups is 1. The van der Waals surface area contributed by atoms with E-state index in [0.29, 0.717) is 48.3 Å². The highest BCUT2D eigenvalue weighted by Gasteiger charge is 2.11. The number of benzene rings is 1. The van der Waals surface area contributed by atoms with Gasteiger partial charge in [-0.25, -0.2) is 19.5 Å². The summed E-state index contributed by atoms with van der Waals surface area (Å²) in [5, 5.41) is 10.7. The number of methoxy groups -OCH3 is 2. The summed E-state index contributed by atoms with van der Waals surface area (Å²) in [5.74, 6) is 2.14. The Kier molecular flexibility index (Phi) is 7.39. The molecule has 10 nitrogen and oxygen atoms in total. The third-order valence-electron chi connectivity index (χ3n) is 5.87. The number of amides is 1. The average Bonchev–Trinajstić information content (AvgIpc) is 3.36. The Hall–Kier alpha value is -4.99. The van der Waals surface area contributed by atoms with Gasteiger partial charge in [-0.1, -0.05) is 36.4 Å². The van der Waals surface area contributed by atoms with E-state index in [1.54, 1.807) is 24.9 Å². The summed E-state index contributed by atoms with van der Waals surface area (Å²) in [6.07, 6.45) is 4.64. The van der Waals surface area contributed by atoms with Gasteiger partial charge in [-0.05, 0) is 36.2 Å². The van der Waals surface area contributed by atoms with Gasteiger partial charge in [0.2, 0.25) is 5.91 Å². The van der Waals surface area contributed by atoms with Crippen LogP contribution in [0.1, 0.15) is 17.7 Å². The first-order valence-corrected chi connectivity index (χ1v) is 12.1. The molecule has 0 saturated heterocycles. The molecule has 0 aliphatic rings. The summed E-state index contributed by atoms with van der Waals surface area (Å²) in [5.41, 5.74) is 4.05. The van der Waals surface area contributed by atoms with Crippen LogP contribution in [0.15, 0.2) is 79.1 Å². The minimum absolute atomic E-state index is 0.0130. The molecule has 0 bridgehead atoms. The lowest BCUT2D eigenvalue weighted by atomic mass is 10.1. The Morgan fingerprint density at radius 2 is 1.82 bits per heavy atom. The van der Waals surface area contributed by atoms with Crippen molar-refractivity contribution in [1.29, 1.82) is 0 Å². The molecule has 5 aromatic rings. The number of aromatic nitrogens is 5. The summed E-state index contributed by atoms with van der Waals surface area (Å²) < 4.78 is 12.2. The average molecular weight is 510 g/mol. The van der Waals surface area contributed by atoms with Crippen LogP contribution in [-0.4, -0.2) is 44.7 Å². The van der Waals surface area contributed by atoms with Gasteiger partial charge in [0.05, 0.1) is 32.2 Å². The molecule has 1 amide bonds. The third kappa shape index (κ3) is 5.86. The number of hydrogen-bond donors (Lipinski definition) is 2. The van der Waals surface area contributed by atoms with Crippen LogP contribution >= 0.6 is 0 Å². The van der Waals surface area contributed by atoms with Crippen LogP contribution in [0.3, 0.4) is 0 Å². The van der Waals surface area contributed by atoms with Gasteiger partial charge in [0.15, 0.2) is 17.2 Å². The van der Waals surface area contributed by atoms with Crippen molar-refractivity contribution in [3.05, 3.63) is 90.4 Å². The van der Waals surface area contributed by atoms with E-state index in [0.717, 1.165) is 22.5 Å². The van der Waals surface area contributed by atoms with Crippen molar-refractivity contribution in [2.24, 2.45) is 0 Å². The molecule has 0 aliphatic heterocycles. The molecule has 0 spiro atoms. The van der Waals surface area contributed by atoms with Crippen LogP contribution in [0.2, 0.25) is 0 Å². The van der Waals surface area contributed by atoms with Gasteiger partial charge in [-0.15, -0.1) is 5.10 Å². The Balaban J connectivity index is 1.23. The maximum absolute atomic E-state index is 12.3. The molecule has 5 rings (SSSR count). The number of pyridine rings is 2. The minimum atomic E-state index is -0.0130. The van der Waals surface area contributed by atoms with Crippen LogP contribution in [0.25, 0.3) is 16.9 Å². The highest BCUT2D eigenvalue weighted by Crippen LogP contribution is 2.29. The molecule has 0 aliphatic carbocycles. The van der Waals surface area contributed by atoms with Crippen LogP contribution in [0, 0.1) is 0 Å². The molecule has 0 atom stereocenters. The van der Waals surface area contributed by atoms with Gasteiger partial charge >= 0.3 is 0 Å². The highest BCUT2D eigenvalue weighted by molar-refractivity contribution is 5.76. The first kappa shape index (κ1) is 24.7. The van der Waals surface area contributed by atoms with E-state index in [1.807, 2.05) is 72.9 Å². The van der Waals surface area contributed by atoms with E-state index >= 15 is 0 Å². The maximum atomic E-state index is 12.3. The smallest absolute Gasteiger partial charge is 0.256 e. The van der Waals surface area contributed by atoms with Gasteiger partial charge < -0.3 is 20.1 Å². The van der Waals surface area contributed by atoms with Crippen molar-refractivity contribution in [3.63, 3.8) is 0 Å². The van der Waals surface area contributed by atoms with Crippen molar-refractivity contribution in [1.82, 2.24) is 29.9 Å². The van der Waals surface area contributed by atoms with Gasteiger partial charge in [0.1, 0.15) is 5.82 Å². The number of nitrogens with one attached hydrogen (secondary N) is 2. The van der Waals surface area contributed by atoms with E-state index < -0.39 is 0 Å². The second-order valence-electron chi connectivity index (χ2n) is 8.48. The van der Waals surface area contributed by atoms with Crippen molar-refractivity contribution >= 4 is 23.2 Å². The summed E-state index contributed by atoms with van der Waals surface area (Å²) in [4.78, 5) is 25.9. The molecule has 1 aromatic carbocycles. The molecule has 38 heavy (non-hydrogen) atoms. The number of carbonyl (C=O) groups excluding carboxylic acids is 1. The lowest BCUT2D eigenvalue weighted by Gasteiger charge is -2.08. The Morgan fingerprint density at radius 1 is 0.947 bits per heavy atom. The molecule has 4 aromatic heterocycles. The summed E-state index contributed by atoms with van der Waals surface area (Å²) in [6.45, 7) is 0.346. The zero-order chi connectivity index (χ0) is 26.3. The molecular formula is C28H27N7O3. The zero-order valence-corrected chi connectivity index (χ0v) is 21.1. The fraction of sp³-hybridized carbons (Fsp3) is 0.179. The van der Waals surface area contributed by atoms with Gasteiger partial charge in [-0.3, -0.25) is 4.79 Å². The van der Waals surface area contributed by atoms with Gasteiger partial charge in [0.25, 0.3) is 5.88 Å². The number of aryl methyl sites for hydroxylation is 1. The number of hydrogen-bond acceptors (Lipinski definition) is 8. The Morgan fingerprint density at radius 3 is 2.63 bits per heavy atom. The molecule has 0 saturated carbocycles. The van der Waals surface area contributed by atoms with Crippen LogP contribution < -0.4 is 20.1 Å². The second-order valence-corrected chi connectivity index (χ2v) is 8.48. The number of ether oxygens (including phenoxy) is 2. The molecule has 192 valence electrons. The first-order chi connectivity index (χ1) is 18.6. The van der Waals surface area contributed by atoms with E-state index in [1.165, 1.54) is 0 Å². The molecule has 4 heterocycles. The summed E-state index contributed by atoms with van der Waals surface area (Å²) in [6, 6.07) is 21.1. The molecule has 2 N–H and O–H groups in total. The van der Waals surface area contributed by atoms with E-state index in [2.05, 4.69) is 25.7 Å². The van der Waals surface area contributed by atoms with Gasteiger partial charge in [0, 0.05) is 30.4 Å².